The van der Waals surface area contributed by atoms with E-state index < -0.39 is 0 Å². The zero-order valence-corrected chi connectivity index (χ0v) is 15.2. The smallest absolute Gasteiger partial charge is 0.253 e. The standard InChI is InChI=1S/C19H26N4O2/c1-21(2)15(14-7-5-4-6-8-14)13-20-16-17(19(25)18(16)24)23-11-9-22(3)10-12-23/h4-8,15,20H,9-13H2,1-3H3/t15-/m1/s1. The number of anilines is 2. The van der Waals surface area contributed by atoms with Crippen molar-refractivity contribution in [1.29, 1.82) is 0 Å². The molecule has 0 aliphatic carbocycles. The summed E-state index contributed by atoms with van der Waals surface area (Å²) in [7, 11) is 6.10. The zero-order chi connectivity index (χ0) is 18.0. The highest BCUT2D eigenvalue weighted by Gasteiger charge is 2.28. The maximum Gasteiger partial charge on any atom is 0.253 e. The van der Waals surface area contributed by atoms with Gasteiger partial charge in [-0.2, -0.15) is 0 Å². The van der Waals surface area contributed by atoms with E-state index in [9.17, 15) is 9.59 Å². The van der Waals surface area contributed by atoms with Crippen molar-refractivity contribution in [2.75, 3.05) is 64.1 Å². The van der Waals surface area contributed by atoms with Gasteiger partial charge in [-0.05, 0) is 26.7 Å². The minimum atomic E-state index is -0.389. The number of likely N-dealkylation sites (N-methyl/N-ethyl adjacent to an activating group) is 2. The first-order chi connectivity index (χ1) is 12.0. The van der Waals surface area contributed by atoms with Crippen LogP contribution < -0.4 is 21.1 Å². The van der Waals surface area contributed by atoms with Crippen molar-refractivity contribution in [3.63, 3.8) is 0 Å². The highest BCUT2D eigenvalue weighted by Crippen LogP contribution is 2.24. The largest absolute Gasteiger partial charge is 0.378 e. The summed E-state index contributed by atoms with van der Waals surface area (Å²) in [6.07, 6.45) is 0. The molecule has 0 saturated carbocycles. The summed E-state index contributed by atoms with van der Waals surface area (Å²) in [4.78, 5) is 30.5. The lowest BCUT2D eigenvalue weighted by Crippen LogP contribution is -2.50. The first-order valence-corrected chi connectivity index (χ1v) is 8.71. The van der Waals surface area contributed by atoms with Crippen LogP contribution in [0.4, 0.5) is 11.4 Å². The normalized spacial score (nSPS) is 17.2. The maximum atomic E-state index is 12.1. The number of benzene rings is 1. The van der Waals surface area contributed by atoms with Gasteiger partial charge >= 0.3 is 0 Å². The van der Waals surface area contributed by atoms with Crippen LogP contribution in [-0.4, -0.2) is 63.7 Å². The third-order valence-electron chi connectivity index (χ3n) is 4.98. The van der Waals surface area contributed by atoms with Crippen LogP contribution in [0.15, 0.2) is 39.9 Å². The molecule has 2 aromatic carbocycles. The highest BCUT2D eigenvalue weighted by atomic mass is 16.2. The van der Waals surface area contributed by atoms with E-state index in [-0.39, 0.29) is 16.9 Å². The van der Waals surface area contributed by atoms with Crippen LogP contribution in [0.25, 0.3) is 0 Å². The van der Waals surface area contributed by atoms with Crippen molar-refractivity contribution < 1.29 is 0 Å². The van der Waals surface area contributed by atoms with Crippen molar-refractivity contribution in [3.05, 3.63) is 56.3 Å². The molecule has 0 spiro atoms. The molecule has 6 heteroatoms. The third kappa shape index (κ3) is 3.60. The monoisotopic (exact) mass is 342 g/mol. The number of nitrogens with one attached hydrogen (secondary N) is 1. The highest BCUT2D eigenvalue weighted by molar-refractivity contribution is 5.75. The van der Waals surface area contributed by atoms with Gasteiger partial charge in [0.1, 0.15) is 11.4 Å². The summed E-state index contributed by atoms with van der Waals surface area (Å²) in [6.45, 7) is 3.96. The Labute approximate surface area is 148 Å². The minimum absolute atomic E-state index is 0.131. The Morgan fingerprint density at radius 3 is 2.28 bits per heavy atom. The predicted molar refractivity (Wildman–Crippen MR) is 102 cm³/mol. The second kappa shape index (κ2) is 7.37. The Hall–Kier alpha value is -2.18. The van der Waals surface area contributed by atoms with E-state index in [4.69, 9.17) is 0 Å². The molecule has 25 heavy (non-hydrogen) atoms. The molecule has 1 aliphatic heterocycles. The van der Waals surface area contributed by atoms with E-state index in [0.717, 1.165) is 26.2 Å². The topological polar surface area (TPSA) is 55.9 Å². The van der Waals surface area contributed by atoms with E-state index >= 15 is 0 Å². The van der Waals surface area contributed by atoms with Crippen molar-refractivity contribution >= 4 is 11.4 Å². The van der Waals surface area contributed by atoms with Crippen LogP contribution in [-0.2, 0) is 0 Å². The molecular formula is C19H26N4O2. The summed E-state index contributed by atoms with van der Waals surface area (Å²) in [6, 6.07) is 10.3. The summed E-state index contributed by atoms with van der Waals surface area (Å²) < 4.78 is 0. The predicted octanol–water partition coefficient (Wildman–Crippen LogP) is 0.749. The fraction of sp³-hybridized carbons (Fsp3) is 0.474. The molecule has 1 fully saturated rings. The van der Waals surface area contributed by atoms with Crippen LogP contribution in [0.5, 0.6) is 0 Å². The van der Waals surface area contributed by atoms with Crippen molar-refractivity contribution in [2.24, 2.45) is 0 Å². The van der Waals surface area contributed by atoms with Gasteiger partial charge in [-0.15, -0.1) is 0 Å². The molecule has 134 valence electrons. The van der Waals surface area contributed by atoms with Gasteiger partial charge in [0.2, 0.25) is 0 Å². The maximum absolute atomic E-state index is 12.1. The molecule has 0 radical (unpaired) electrons. The van der Waals surface area contributed by atoms with Gasteiger partial charge in [0, 0.05) is 32.7 Å². The van der Waals surface area contributed by atoms with Gasteiger partial charge in [0.05, 0.1) is 6.04 Å². The molecule has 6 nitrogen and oxygen atoms in total. The fourth-order valence-electron chi connectivity index (χ4n) is 3.35. The van der Waals surface area contributed by atoms with Gasteiger partial charge in [-0.3, -0.25) is 9.59 Å². The van der Waals surface area contributed by atoms with Crippen LogP contribution in [0.1, 0.15) is 11.6 Å². The van der Waals surface area contributed by atoms with Crippen LogP contribution in [0, 0.1) is 0 Å². The second-order valence-corrected chi connectivity index (χ2v) is 6.94. The molecule has 0 unspecified atom stereocenters. The Balaban J connectivity index is 1.74. The Morgan fingerprint density at radius 2 is 1.68 bits per heavy atom. The Morgan fingerprint density at radius 1 is 1.04 bits per heavy atom. The quantitative estimate of drug-likeness (QED) is 0.782. The average molecular weight is 342 g/mol. The minimum Gasteiger partial charge on any atom is -0.378 e. The summed E-state index contributed by atoms with van der Waals surface area (Å²) in [5.74, 6) is 0. The molecule has 0 bridgehead atoms. The summed E-state index contributed by atoms with van der Waals surface area (Å²) >= 11 is 0. The van der Waals surface area contributed by atoms with E-state index in [2.05, 4.69) is 34.3 Å². The number of piperazine rings is 1. The van der Waals surface area contributed by atoms with E-state index in [1.165, 1.54) is 5.56 Å². The van der Waals surface area contributed by atoms with Gasteiger partial charge in [-0.25, -0.2) is 0 Å². The SMILES string of the molecule is CN1CCN(c2c(NC[C@H](c3ccccc3)N(C)C)c(=O)c2=O)CC1. The molecule has 2 aromatic rings. The Bertz CT molecular complexity index is 772. The summed E-state index contributed by atoms with van der Waals surface area (Å²) in [5.41, 5.74) is 1.49. The first kappa shape index (κ1) is 17.6. The Kier molecular flexibility index (Phi) is 5.20. The molecule has 1 heterocycles. The molecular weight excluding hydrogens is 316 g/mol. The van der Waals surface area contributed by atoms with Crippen LogP contribution in [0.2, 0.25) is 0 Å². The number of rotatable bonds is 6. The van der Waals surface area contributed by atoms with Gasteiger partial charge in [0.25, 0.3) is 10.9 Å². The second-order valence-electron chi connectivity index (χ2n) is 6.94. The van der Waals surface area contributed by atoms with E-state index in [0.29, 0.717) is 17.9 Å². The average Bonchev–Trinajstić information content (AvgIpc) is 2.62. The molecule has 0 aromatic heterocycles. The lowest BCUT2D eigenvalue weighted by atomic mass is 10.1. The van der Waals surface area contributed by atoms with E-state index in [1.807, 2.05) is 37.2 Å². The van der Waals surface area contributed by atoms with Crippen molar-refractivity contribution in [2.45, 2.75) is 6.04 Å². The van der Waals surface area contributed by atoms with Gasteiger partial charge < -0.3 is 20.0 Å². The fourth-order valence-corrected chi connectivity index (χ4v) is 3.35. The van der Waals surface area contributed by atoms with Crippen molar-refractivity contribution in [3.8, 4) is 0 Å². The third-order valence-corrected chi connectivity index (χ3v) is 4.98. The molecule has 1 aliphatic rings. The van der Waals surface area contributed by atoms with Crippen LogP contribution in [0.3, 0.4) is 0 Å². The molecule has 0 amide bonds. The summed E-state index contributed by atoms with van der Waals surface area (Å²) in [5, 5.41) is 3.25. The van der Waals surface area contributed by atoms with Gasteiger partial charge in [-0.1, -0.05) is 30.3 Å². The number of nitrogens with zero attached hydrogens (tertiary/aromatic N) is 3. The zero-order valence-electron chi connectivity index (χ0n) is 15.2. The van der Waals surface area contributed by atoms with Crippen LogP contribution >= 0.6 is 0 Å². The lowest BCUT2D eigenvalue weighted by Gasteiger charge is -2.35. The number of hydrogen-bond donors (Lipinski definition) is 1. The van der Waals surface area contributed by atoms with Crippen molar-refractivity contribution in [1.82, 2.24) is 9.80 Å². The molecule has 3 rings (SSSR count). The van der Waals surface area contributed by atoms with Gasteiger partial charge in [0.15, 0.2) is 0 Å². The molecule has 1 N–H and O–H groups in total. The number of hydrogen-bond acceptors (Lipinski definition) is 6. The molecule has 1 atom stereocenters. The van der Waals surface area contributed by atoms with E-state index in [1.54, 1.807) is 0 Å². The first-order valence-electron chi connectivity index (χ1n) is 8.71. The lowest BCUT2D eigenvalue weighted by molar-refractivity contribution is 0.310. The molecule has 1 saturated heterocycles.